The van der Waals surface area contributed by atoms with Crippen LogP contribution < -0.4 is 0 Å². The van der Waals surface area contributed by atoms with Crippen molar-refractivity contribution in [2.45, 2.75) is 71.1 Å². The molecule has 118 valence electrons. The molecule has 4 heterocycles. The third kappa shape index (κ3) is 1.60. The van der Waals surface area contributed by atoms with Gasteiger partial charge in [0.2, 0.25) is 12.1 Å². The van der Waals surface area contributed by atoms with Crippen LogP contribution in [0.5, 0.6) is 0 Å². The van der Waals surface area contributed by atoms with Crippen LogP contribution in [0, 0.1) is 23.2 Å². The van der Waals surface area contributed by atoms with E-state index in [4.69, 9.17) is 19.2 Å². The summed E-state index contributed by atoms with van der Waals surface area (Å²) in [6.07, 6.45) is 3.17. The van der Waals surface area contributed by atoms with Crippen molar-refractivity contribution in [3.63, 3.8) is 0 Å². The van der Waals surface area contributed by atoms with E-state index in [9.17, 15) is 4.79 Å². The summed E-state index contributed by atoms with van der Waals surface area (Å²) >= 11 is 0. The van der Waals surface area contributed by atoms with Gasteiger partial charge in [0.15, 0.2) is 5.60 Å². The van der Waals surface area contributed by atoms with Crippen LogP contribution in [-0.2, 0) is 24.0 Å². The van der Waals surface area contributed by atoms with Crippen LogP contribution in [0.1, 0.15) is 53.4 Å². The van der Waals surface area contributed by atoms with E-state index in [1.165, 1.54) is 0 Å². The van der Waals surface area contributed by atoms with E-state index < -0.39 is 23.1 Å². The zero-order chi connectivity index (χ0) is 15.0. The smallest absolute Gasteiger partial charge is 0.314 e. The van der Waals surface area contributed by atoms with Crippen LogP contribution in [0.2, 0.25) is 0 Å². The molecule has 0 amide bonds. The highest BCUT2D eigenvalue weighted by Gasteiger charge is 2.72. The normalized spacial score (nSPS) is 54.6. The topological polar surface area (TPSA) is 54.0 Å². The molecule has 4 saturated heterocycles. The summed E-state index contributed by atoms with van der Waals surface area (Å²) in [5, 5.41) is 0. The largest absolute Gasteiger partial charge is 0.432 e. The molecule has 5 aliphatic rings. The number of fused-ring (bicyclic) bond motifs is 2. The molecule has 4 aliphatic heterocycles. The van der Waals surface area contributed by atoms with E-state index in [1.54, 1.807) is 0 Å². The van der Waals surface area contributed by atoms with Crippen LogP contribution in [0.4, 0.5) is 0 Å². The lowest BCUT2D eigenvalue weighted by atomic mass is 9.54. The molecule has 0 aromatic heterocycles. The molecule has 1 saturated carbocycles. The van der Waals surface area contributed by atoms with Gasteiger partial charge in [0.05, 0.1) is 5.41 Å². The molecule has 1 spiro atoms. The van der Waals surface area contributed by atoms with Gasteiger partial charge in [0, 0.05) is 18.3 Å². The summed E-state index contributed by atoms with van der Waals surface area (Å²) < 4.78 is 11.7. The molecule has 5 fully saturated rings. The Morgan fingerprint density at radius 3 is 2.62 bits per heavy atom. The monoisotopic (exact) mass is 296 g/mol. The van der Waals surface area contributed by atoms with Gasteiger partial charge in [-0.2, -0.15) is 0 Å². The second kappa shape index (κ2) is 4.00. The van der Waals surface area contributed by atoms with Crippen molar-refractivity contribution in [3.8, 4) is 0 Å². The second-order valence-electron chi connectivity index (χ2n) is 7.98. The number of hydrogen-bond acceptors (Lipinski definition) is 5. The zero-order valence-corrected chi connectivity index (χ0v) is 13.2. The summed E-state index contributed by atoms with van der Waals surface area (Å²) in [7, 11) is 0. The third-order valence-corrected chi connectivity index (χ3v) is 6.33. The molecule has 0 aromatic carbocycles. The second-order valence-corrected chi connectivity index (χ2v) is 7.98. The van der Waals surface area contributed by atoms with Gasteiger partial charge in [-0.3, -0.25) is 4.79 Å². The first-order chi connectivity index (χ1) is 9.80. The van der Waals surface area contributed by atoms with Gasteiger partial charge in [0.1, 0.15) is 0 Å². The third-order valence-electron chi connectivity index (χ3n) is 6.33. The minimum absolute atomic E-state index is 0.0695. The standard InChI is InChI=1S/C16H24O5/c1-9-5-6-11-14(2,3)12(17)18-13-16(11)10(9)7-8-15(4,19-13)20-21-16/h9-11,13H,5-8H2,1-4H3/t9-,10?,11+,13-,15-,16-/m1/s1. The van der Waals surface area contributed by atoms with Crippen LogP contribution >= 0.6 is 0 Å². The Hall–Kier alpha value is -0.650. The van der Waals surface area contributed by atoms with Gasteiger partial charge in [-0.25, -0.2) is 9.78 Å². The van der Waals surface area contributed by atoms with E-state index in [0.29, 0.717) is 11.8 Å². The Labute approximate surface area is 125 Å². The molecule has 0 N–H and O–H groups in total. The number of carbonyl (C=O) groups excluding carboxylic acids is 1. The number of carbonyl (C=O) groups is 1. The van der Waals surface area contributed by atoms with Gasteiger partial charge in [-0.05, 0) is 46.0 Å². The summed E-state index contributed by atoms with van der Waals surface area (Å²) in [5.41, 5.74) is -1.22. The Balaban J connectivity index is 1.87. The number of hydrogen-bond donors (Lipinski definition) is 0. The zero-order valence-electron chi connectivity index (χ0n) is 13.2. The van der Waals surface area contributed by atoms with Gasteiger partial charge in [0.25, 0.3) is 0 Å². The summed E-state index contributed by atoms with van der Waals surface area (Å²) in [4.78, 5) is 24.1. The molecule has 2 bridgehead atoms. The summed E-state index contributed by atoms with van der Waals surface area (Å²) in [5.74, 6) is -0.0996. The van der Waals surface area contributed by atoms with Crippen LogP contribution in [0.25, 0.3) is 0 Å². The fourth-order valence-corrected chi connectivity index (χ4v) is 5.02. The minimum Gasteiger partial charge on any atom is -0.432 e. The van der Waals surface area contributed by atoms with Crippen molar-refractivity contribution in [1.82, 2.24) is 0 Å². The molecular formula is C16H24O5. The van der Waals surface area contributed by atoms with Crippen molar-refractivity contribution in [2.24, 2.45) is 23.2 Å². The predicted molar refractivity (Wildman–Crippen MR) is 72.7 cm³/mol. The molecule has 1 aliphatic carbocycles. The van der Waals surface area contributed by atoms with E-state index in [1.807, 2.05) is 20.8 Å². The maximum absolute atomic E-state index is 12.4. The lowest BCUT2D eigenvalue weighted by Crippen LogP contribution is -2.71. The van der Waals surface area contributed by atoms with Gasteiger partial charge >= 0.3 is 5.97 Å². The Kier molecular flexibility index (Phi) is 2.66. The van der Waals surface area contributed by atoms with E-state index in [2.05, 4.69) is 6.92 Å². The molecule has 5 nitrogen and oxygen atoms in total. The van der Waals surface area contributed by atoms with Crippen LogP contribution in [-0.4, -0.2) is 23.6 Å². The lowest BCUT2D eigenvalue weighted by molar-refractivity contribution is -0.561. The highest BCUT2D eigenvalue weighted by Crippen LogP contribution is 2.62. The van der Waals surface area contributed by atoms with Crippen molar-refractivity contribution in [3.05, 3.63) is 0 Å². The SMILES string of the molecule is C[C@@H]1CC[C@H]2C(C)(C)C(=O)O[C@@H]3O[C@@]4(C)CCC1[C@]32OO4. The first-order valence-corrected chi connectivity index (χ1v) is 8.05. The Morgan fingerprint density at radius 1 is 1.10 bits per heavy atom. The highest BCUT2D eigenvalue weighted by atomic mass is 17.3. The van der Waals surface area contributed by atoms with E-state index in [-0.39, 0.29) is 11.9 Å². The van der Waals surface area contributed by atoms with Crippen molar-refractivity contribution in [2.75, 3.05) is 0 Å². The van der Waals surface area contributed by atoms with Gasteiger partial charge in [-0.1, -0.05) is 6.92 Å². The van der Waals surface area contributed by atoms with E-state index in [0.717, 1.165) is 25.7 Å². The summed E-state index contributed by atoms with van der Waals surface area (Å²) in [6.45, 7) is 8.05. The first-order valence-electron chi connectivity index (χ1n) is 8.05. The van der Waals surface area contributed by atoms with Crippen LogP contribution in [0.3, 0.4) is 0 Å². The number of rotatable bonds is 0. The molecule has 1 unspecified atom stereocenters. The van der Waals surface area contributed by atoms with Crippen LogP contribution in [0.15, 0.2) is 0 Å². The number of esters is 1. The average molecular weight is 296 g/mol. The van der Waals surface area contributed by atoms with Gasteiger partial charge < -0.3 is 9.47 Å². The fraction of sp³-hybridized carbons (Fsp3) is 0.938. The van der Waals surface area contributed by atoms with Crippen molar-refractivity contribution in [1.29, 1.82) is 0 Å². The molecule has 21 heavy (non-hydrogen) atoms. The molecule has 0 aromatic rings. The highest BCUT2D eigenvalue weighted by molar-refractivity contribution is 5.78. The molecule has 6 atom stereocenters. The molecular weight excluding hydrogens is 272 g/mol. The minimum atomic E-state index is -0.806. The molecule has 5 rings (SSSR count). The lowest BCUT2D eigenvalue weighted by Gasteiger charge is -2.60. The maximum atomic E-state index is 12.4. The number of ether oxygens (including phenoxy) is 2. The van der Waals surface area contributed by atoms with Gasteiger partial charge in [-0.15, -0.1) is 0 Å². The summed E-state index contributed by atoms with van der Waals surface area (Å²) in [6, 6.07) is 0. The molecule has 0 radical (unpaired) electrons. The fourth-order valence-electron chi connectivity index (χ4n) is 5.02. The quantitative estimate of drug-likeness (QED) is 0.508. The average Bonchev–Trinajstić information content (AvgIpc) is 2.63. The predicted octanol–water partition coefficient (Wildman–Crippen LogP) is 2.79. The van der Waals surface area contributed by atoms with Crippen molar-refractivity contribution < 1.29 is 24.0 Å². The first kappa shape index (κ1) is 14.0. The van der Waals surface area contributed by atoms with E-state index >= 15 is 0 Å². The Morgan fingerprint density at radius 2 is 1.86 bits per heavy atom. The van der Waals surface area contributed by atoms with Crippen molar-refractivity contribution >= 4 is 5.97 Å². The maximum Gasteiger partial charge on any atom is 0.314 e. The Bertz CT molecular complexity index is 489. The molecule has 5 heteroatoms.